The quantitative estimate of drug-likeness (QED) is 0.897. The number of aryl methyl sites for hydroxylation is 1. The van der Waals surface area contributed by atoms with Crippen LogP contribution in [0.15, 0.2) is 22.7 Å². The number of aliphatic hydroxyl groups is 1. The molecule has 0 saturated heterocycles. The Hall–Kier alpha value is -0.0900. The molecule has 0 heterocycles. The molecular weight excluding hydrogens is 277 g/mol. The van der Waals surface area contributed by atoms with Crippen LogP contribution in [0.4, 0.5) is 0 Å². The van der Waals surface area contributed by atoms with E-state index in [9.17, 15) is 0 Å². The highest BCUT2D eigenvalue weighted by Gasteiger charge is 2.06. The summed E-state index contributed by atoms with van der Waals surface area (Å²) in [5.74, 6) is 0. The third kappa shape index (κ3) is 4.51. The molecule has 4 heteroatoms. The van der Waals surface area contributed by atoms with Gasteiger partial charge in [-0.05, 0) is 37.0 Å². The van der Waals surface area contributed by atoms with E-state index < -0.39 is 0 Å². The summed E-state index contributed by atoms with van der Waals surface area (Å²) in [6, 6.07) is 6.18. The van der Waals surface area contributed by atoms with Gasteiger partial charge in [-0.2, -0.15) is 0 Å². The molecular formula is C11H17BrClNO. The fraction of sp³-hybridized carbons (Fsp3) is 0.455. The van der Waals surface area contributed by atoms with Crippen molar-refractivity contribution in [1.29, 1.82) is 0 Å². The first kappa shape index (κ1) is 14.9. The number of benzene rings is 1. The number of halogens is 2. The zero-order valence-electron chi connectivity index (χ0n) is 8.74. The molecule has 0 radical (unpaired) electrons. The maximum atomic E-state index is 8.70. The van der Waals surface area contributed by atoms with Crippen LogP contribution in [-0.2, 0) is 0 Å². The second-order valence-electron chi connectivity index (χ2n) is 3.48. The van der Waals surface area contributed by atoms with E-state index in [2.05, 4.69) is 28.1 Å². The van der Waals surface area contributed by atoms with Gasteiger partial charge in [0.15, 0.2) is 0 Å². The van der Waals surface area contributed by atoms with Gasteiger partial charge in [-0.3, -0.25) is 0 Å². The largest absolute Gasteiger partial charge is 0.396 e. The van der Waals surface area contributed by atoms with Crippen LogP contribution < -0.4 is 5.73 Å². The van der Waals surface area contributed by atoms with Crippen molar-refractivity contribution in [3.8, 4) is 0 Å². The SMILES string of the molecule is Cc1ccc([C@H](N)CCCO)cc1Br.Cl. The number of aliphatic hydroxyl groups excluding tert-OH is 1. The van der Waals surface area contributed by atoms with Gasteiger partial charge in [0.2, 0.25) is 0 Å². The second kappa shape index (κ2) is 7.23. The third-order valence-electron chi connectivity index (χ3n) is 2.30. The van der Waals surface area contributed by atoms with Gasteiger partial charge in [0, 0.05) is 17.1 Å². The van der Waals surface area contributed by atoms with E-state index in [0.717, 1.165) is 22.9 Å². The predicted octanol–water partition coefficient (Wildman–Crippen LogP) is 2.95. The molecule has 2 nitrogen and oxygen atoms in total. The van der Waals surface area contributed by atoms with E-state index in [1.165, 1.54) is 5.56 Å². The van der Waals surface area contributed by atoms with Crippen LogP contribution in [0.3, 0.4) is 0 Å². The average Bonchev–Trinajstić information content (AvgIpc) is 2.18. The summed E-state index contributed by atoms with van der Waals surface area (Å²) in [6.45, 7) is 2.26. The molecule has 0 aliphatic carbocycles. The van der Waals surface area contributed by atoms with Crippen LogP contribution in [0.1, 0.15) is 30.0 Å². The van der Waals surface area contributed by atoms with Crippen molar-refractivity contribution >= 4 is 28.3 Å². The van der Waals surface area contributed by atoms with Crippen molar-refractivity contribution < 1.29 is 5.11 Å². The Kier molecular flexibility index (Phi) is 7.18. The number of hydrogen-bond donors (Lipinski definition) is 2. The highest BCUT2D eigenvalue weighted by Crippen LogP contribution is 2.22. The van der Waals surface area contributed by atoms with E-state index in [1.54, 1.807) is 0 Å². The number of rotatable bonds is 4. The molecule has 86 valence electrons. The molecule has 1 aromatic rings. The Morgan fingerprint density at radius 3 is 2.67 bits per heavy atom. The second-order valence-corrected chi connectivity index (χ2v) is 4.34. The van der Waals surface area contributed by atoms with Gasteiger partial charge in [0.25, 0.3) is 0 Å². The zero-order valence-corrected chi connectivity index (χ0v) is 11.1. The van der Waals surface area contributed by atoms with Crippen LogP contribution >= 0.6 is 28.3 Å². The fourth-order valence-corrected chi connectivity index (χ4v) is 1.71. The van der Waals surface area contributed by atoms with Gasteiger partial charge in [0.1, 0.15) is 0 Å². The van der Waals surface area contributed by atoms with Crippen LogP contribution in [0.2, 0.25) is 0 Å². The van der Waals surface area contributed by atoms with E-state index in [4.69, 9.17) is 10.8 Å². The highest BCUT2D eigenvalue weighted by atomic mass is 79.9. The van der Waals surface area contributed by atoms with Gasteiger partial charge < -0.3 is 10.8 Å². The molecule has 0 saturated carbocycles. The van der Waals surface area contributed by atoms with Gasteiger partial charge >= 0.3 is 0 Å². The minimum Gasteiger partial charge on any atom is -0.396 e. The Morgan fingerprint density at radius 2 is 2.13 bits per heavy atom. The summed E-state index contributed by atoms with van der Waals surface area (Å²) in [5.41, 5.74) is 8.30. The van der Waals surface area contributed by atoms with Crippen LogP contribution in [0.25, 0.3) is 0 Å². The molecule has 0 spiro atoms. The molecule has 0 amide bonds. The normalized spacial score (nSPS) is 12.0. The fourth-order valence-electron chi connectivity index (χ4n) is 1.32. The van der Waals surface area contributed by atoms with Gasteiger partial charge in [-0.25, -0.2) is 0 Å². The molecule has 1 rings (SSSR count). The van der Waals surface area contributed by atoms with Crippen LogP contribution in [0, 0.1) is 6.92 Å². The maximum absolute atomic E-state index is 8.70. The van der Waals surface area contributed by atoms with Crippen molar-refractivity contribution in [2.24, 2.45) is 5.73 Å². The van der Waals surface area contributed by atoms with Crippen molar-refractivity contribution in [2.45, 2.75) is 25.8 Å². The van der Waals surface area contributed by atoms with Crippen molar-refractivity contribution in [3.05, 3.63) is 33.8 Å². The number of hydrogen-bond acceptors (Lipinski definition) is 2. The summed E-state index contributed by atoms with van der Waals surface area (Å²) in [5, 5.41) is 8.70. The van der Waals surface area contributed by atoms with Crippen molar-refractivity contribution in [1.82, 2.24) is 0 Å². The Labute approximate surface area is 105 Å². The Bertz CT molecular complexity index is 307. The van der Waals surface area contributed by atoms with E-state index in [1.807, 2.05) is 13.0 Å². The summed E-state index contributed by atoms with van der Waals surface area (Å²) < 4.78 is 1.09. The minimum absolute atomic E-state index is 0. The van der Waals surface area contributed by atoms with E-state index in [0.29, 0.717) is 0 Å². The highest BCUT2D eigenvalue weighted by molar-refractivity contribution is 9.10. The van der Waals surface area contributed by atoms with Crippen LogP contribution in [-0.4, -0.2) is 11.7 Å². The lowest BCUT2D eigenvalue weighted by Gasteiger charge is -2.12. The molecule has 0 bridgehead atoms. The first-order valence-electron chi connectivity index (χ1n) is 4.77. The molecule has 3 N–H and O–H groups in total. The molecule has 1 aromatic carbocycles. The van der Waals surface area contributed by atoms with Crippen LogP contribution in [0.5, 0.6) is 0 Å². The first-order valence-corrected chi connectivity index (χ1v) is 5.57. The Morgan fingerprint density at radius 1 is 1.47 bits per heavy atom. The molecule has 0 unspecified atom stereocenters. The van der Waals surface area contributed by atoms with Gasteiger partial charge in [0.05, 0.1) is 0 Å². The lowest BCUT2D eigenvalue weighted by atomic mass is 10.0. The predicted molar refractivity (Wildman–Crippen MR) is 69.4 cm³/mol. The smallest absolute Gasteiger partial charge is 0.0431 e. The molecule has 0 fully saturated rings. The first-order chi connectivity index (χ1) is 6.65. The Balaban J connectivity index is 0.00000196. The van der Waals surface area contributed by atoms with Crippen molar-refractivity contribution in [3.63, 3.8) is 0 Å². The molecule has 0 aliphatic rings. The summed E-state index contributed by atoms with van der Waals surface area (Å²) in [6.07, 6.45) is 1.58. The lowest BCUT2D eigenvalue weighted by molar-refractivity contribution is 0.280. The molecule has 0 aliphatic heterocycles. The average molecular weight is 295 g/mol. The zero-order chi connectivity index (χ0) is 10.6. The summed E-state index contributed by atoms with van der Waals surface area (Å²) in [4.78, 5) is 0. The topological polar surface area (TPSA) is 46.2 Å². The maximum Gasteiger partial charge on any atom is 0.0431 e. The minimum atomic E-state index is 0. The van der Waals surface area contributed by atoms with Crippen molar-refractivity contribution in [2.75, 3.05) is 6.61 Å². The van der Waals surface area contributed by atoms with Gasteiger partial charge in [-0.1, -0.05) is 28.1 Å². The lowest BCUT2D eigenvalue weighted by Crippen LogP contribution is -2.10. The monoisotopic (exact) mass is 293 g/mol. The summed E-state index contributed by atoms with van der Waals surface area (Å²) in [7, 11) is 0. The third-order valence-corrected chi connectivity index (χ3v) is 3.15. The number of nitrogens with two attached hydrogens (primary N) is 1. The standard InChI is InChI=1S/C11H16BrNO.ClH/c1-8-4-5-9(7-10(8)12)11(13)3-2-6-14;/h4-5,7,11,14H,2-3,6,13H2,1H3;1H/t11-;/m1./s1. The molecule has 0 aromatic heterocycles. The van der Waals surface area contributed by atoms with Gasteiger partial charge in [-0.15, -0.1) is 12.4 Å². The van der Waals surface area contributed by atoms with E-state index in [-0.39, 0.29) is 25.1 Å². The molecule has 15 heavy (non-hydrogen) atoms. The molecule has 1 atom stereocenters. The summed E-state index contributed by atoms with van der Waals surface area (Å²) >= 11 is 3.48. The van der Waals surface area contributed by atoms with E-state index >= 15 is 0 Å².